The van der Waals surface area contributed by atoms with Crippen LogP contribution in [0.2, 0.25) is 0 Å². The van der Waals surface area contributed by atoms with Crippen molar-refractivity contribution in [2.75, 3.05) is 0 Å². The van der Waals surface area contributed by atoms with Crippen molar-refractivity contribution < 1.29 is 4.79 Å². The minimum absolute atomic E-state index is 0.0162. The van der Waals surface area contributed by atoms with Crippen molar-refractivity contribution in [3.05, 3.63) is 12.2 Å². The van der Waals surface area contributed by atoms with E-state index < -0.39 is 0 Å². The van der Waals surface area contributed by atoms with Crippen LogP contribution in [0.15, 0.2) is 12.2 Å². The predicted octanol–water partition coefficient (Wildman–Crippen LogP) is 2.71. The molecule has 0 aromatic rings. The fourth-order valence-electron chi connectivity index (χ4n) is 2.55. The van der Waals surface area contributed by atoms with E-state index in [1.807, 2.05) is 6.92 Å². The first kappa shape index (κ1) is 8.03. The maximum absolute atomic E-state index is 11.8. The highest BCUT2D eigenvalue weighted by atomic mass is 16.1. The molecular weight excluding hydrogens is 148 g/mol. The van der Waals surface area contributed by atoms with Crippen molar-refractivity contribution in [3.63, 3.8) is 0 Å². The van der Waals surface area contributed by atoms with Crippen LogP contribution in [-0.4, -0.2) is 5.78 Å². The molecule has 1 fully saturated rings. The number of hydrogen-bond donors (Lipinski definition) is 0. The Morgan fingerprint density at radius 1 is 1.33 bits per heavy atom. The Bertz CT molecular complexity index is 221. The van der Waals surface area contributed by atoms with Crippen LogP contribution in [0.1, 0.15) is 39.0 Å². The predicted molar refractivity (Wildman–Crippen MR) is 48.8 cm³/mol. The molecule has 0 aliphatic heterocycles. The highest BCUT2D eigenvalue weighted by molar-refractivity contribution is 5.92. The zero-order valence-corrected chi connectivity index (χ0v) is 7.68. The number of ketones is 1. The fraction of sp³-hybridized carbons (Fsp3) is 0.727. The van der Waals surface area contributed by atoms with E-state index in [2.05, 4.69) is 12.2 Å². The maximum atomic E-state index is 11.8. The molecule has 2 aliphatic carbocycles. The molecule has 1 unspecified atom stereocenters. The van der Waals surface area contributed by atoms with Gasteiger partial charge in [-0.15, -0.1) is 0 Å². The summed E-state index contributed by atoms with van der Waals surface area (Å²) in [5.74, 6) is 0.658. The first-order valence-corrected chi connectivity index (χ1v) is 4.98. The summed E-state index contributed by atoms with van der Waals surface area (Å²) >= 11 is 0. The normalized spacial score (nSPS) is 33.1. The summed E-state index contributed by atoms with van der Waals surface area (Å²) in [6.45, 7) is 2.02. The van der Waals surface area contributed by atoms with Gasteiger partial charge in [0.1, 0.15) is 5.78 Å². The Labute approximate surface area is 73.8 Å². The molecule has 1 atom stereocenters. The third-order valence-corrected chi connectivity index (χ3v) is 3.35. The van der Waals surface area contributed by atoms with Crippen LogP contribution in [0, 0.1) is 11.3 Å². The van der Waals surface area contributed by atoms with E-state index >= 15 is 0 Å². The Morgan fingerprint density at radius 2 is 2.00 bits per heavy atom. The highest BCUT2D eigenvalue weighted by Gasteiger charge is 2.41. The number of allylic oxidation sites excluding steroid dienone is 2. The maximum Gasteiger partial charge on any atom is 0.149 e. The molecule has 66 valence electrons. The van der Waals surface area contributed by atoms with Gasteiger partial charge in [0.25, 0.3) is 0 Å². The average Bonchev–Trinajstić information content (AvgIpc) is 2.37. The summed E-state index contributed by atoms with van der Waals surface area (Å²) in [6, 6.07) is 0. The van der Waals surface area contributed by atoms with Gasteiger partial charge < -0.3 is 0 Å². The molecule has 0 radical (unpaired) electrons. The van der Waals surface area contributed by atoms with Crippen molar-refractivity contribution in [1.29, 1.82) is 0 Å². The van der Waals surface area contributed by atoms with Gasteiger partial charge in [0, 0.05) is 11.3 Å². The monoisotopic (exact) mass is 164 g/mol. The molecule has 0 N–H and O–H groups in total. The third-order valence-electron chi connectivity index (χ3n) is 3.35. The van der Waals surface area contributed by atoms with E-state index in [9.17, 15) is 4.79 Å². The van der Waals surface area contributed by atoms with E-state index in [1.54, 1.807) is 0 Å². The minimum atomic E-state index is -0.0162. The first-order chi connectivity index (χ1) is 5.75. The second-order valence-electron chi connectivity index (χ2n) is 4.23. The van der Waals surface area contributed by atoms with Gasteiger partial charge in [-0.25, -0.2) is 0 Å². The molecule has 0 saturated heterocycles. The molecule has 1 nitrogen and oxygen atoms in total. The minimum Gasteiger partial charge on any atom is -0.298 e. The Hall–Kier alpha value is -0.590. The van der Waals surface area contributed by atoms with Gasteiger partial charge in [-0.2, -0.15) is 0 Å². The molecule has 2 aliphatic rings. The summed E-state index contributed by atoms with van der Waals surface area (Å²) < 4.78 is 0. The van der Waals surface area contributed by atoms with Gasteiger partial charge in [0.05, 0.1) is 0 Å². The van der Waals surface area contributed by atoms with E-state index in [0.29, 0.717) is 5.78 Å². The molecule has 12 heavy (non-hydrogen) atoms. The van der Waals surface area contributed by atoms with Gasteiger partial charge in [-0.1, -0.05) is 38.3 Å². The standard InChI is InChI=1S/C11H16O/c1-9-5-8-11(10(9)12)6-3-2-4-7-11/h5,8-9H,2-4,6-7H2,1H3. The lowest BCUT2D eigenvalue weighted by molar-refractivity contribution is -0.128. The second-order valence-corrected chi connectivity index (χ2v) is 4.23. The summed E-state index contributed by atoms with van der Waals surface area (Å²) in [4.78, 5) is 11.8. The molecular formula is C11H16O. The van der Waals surface area contributed by atoms with Crippen molar-refractivity contribution >= 4 is 5.78 Å². The zero-order valence-electron chi connectivity index (χ0n) is 7.68. The van der Waals surface area contributed by atoms with E-state index in [4.69, 9.17) is 0 Å². The van der Waals surface area contributed by atoms with E-state index in [-0.39, 0.29) is 11.3 Å². The number of rotatable bonds is 0. The smallest absolute Gasteiger partial charge is 0.149 e. The number of carbonyl (C=O) groups is 1. The highest BCUT2D eigenvalue weighted by Crippen LogP contribution is 2.44. The quantitative estimate of drug-likeness (QED) is 0.503. The number of carbonyl (C=O) groups excluding carboxylic acids is 1. The van der Waals surface area contributed by atoms with Crippen LogP contribution in [0.25, 0.3) is 0 Å². The second kappa shape index (κ2) is 2.72. The molecule has 1 saturated carbocycles. The third kappa shape index (κ3) is 1.03. The molecule has 1 spiro atoms. The van der Waals surface area contributed by atoms with Gasteiger partial charge in [-0.3, -0.25) is 4.79 Å². The molecule has 2 rings (SSSR count). The number of hydrogen-bond acceptors (Lipinski definition) is 1. The largest absolute Gasteiger partial charge is 0.298 e. The van der Waals surface area contributed by atoms with Crippen LogP contribution < -0.4 is 0 Å². The van der Waals surface area contributed by atoms with E-state index in [0.717, 1.165) is 12.8 Å². The van der Waals surface area contributed by atoms with Crippen molar-refractivity contribution in [3.8, 4) is 0 Å². The topological polar surface area (TPSA) is 17.1 Å². The lowest BCUT2D eigenvalue weighted by Crippen LogP contribution is -2.30. The summed E-state index contributed by atoms with van der Waals surface area (Å²) in [5.41, 5.74) is -0.0162. The summed E-state index contributed by atoms with van der Waals surface area (Å²) in [6.07, 6.45) is 10.3. The van der Waals surface area contributed by atoms with Gasteiger partial charge >= 0.3 is 0 Å². The lowest BCUT2D eigenvalue weighted by Gasteiger charge is -2.30. The van der Waals surface area contributed by atoms with Crippen molar-refractivity contribution in [1.82, 2.24) is 0 Å². The van der Waals surface area contributed by atoms with Gasteiger partial charge in [0.15, 0.2) is 0 Å². The fourth-order valence-corrected chi connectivity index (χ4v) is 2.55. The number of Topliss-reactive ketones (excluding diaryl/α,β-unsaturated/α-hetero) is 1. The van der Waals surface area contributed by atoms with Gasteiger partial charge in [-0.05, 0) is 12.8 Å². The first-order valence-electron chi connectivity index (χ1n) is 4.98. The summed E-state index contributed by atoms with van der Waals surface area (Å²) in [7, 11) is 0. The zero-order chi connectivity index (χ0) is 8.60. The molecule has 0 aromatic heterocycles. The molecule has 1 heteroatoms. The average molecular weight is 164 g/mol. The van der Waals surface area contributed by atoms with Crippen LogP contribution in [0.4, 0.5) is 0 Å². The van der Waals surface area contributed by atoms with Crippen LogP contribution >= 0.6 is 0 Å². The van der Waals surface area contributed by atoms with Crippen LogP contribution in [-0.2, 0) is 4.79 Å². The Balaban J connectivity index is 2.20. The molecule has 0 amide bonds. The Kier molecular flexibility index (Phi) is 1.82. The molecule has 0 aromatic carbocycles. The van der Waals surface area contributed by atoms with E-state index in [1.165, 1.54) is 19.3 Å². The van der Waals surface area contributed by atoms with Crippen molar-refractivity contribution in [2.45, 2.75) is 39.0 Å². The summed E-state index contributed by atoms with van der Waals surface area (Å²) in [5, 5.41) is 0. The molecule has 0 heterocycles. The molecule has 0 bridgehead atoms. The van der Waals surface area contributed by atoms with Crippen LogP contribution in [0.3, 0.4) is 0 Å². The lowest BCUT2D eigenvalue weighted by atomic mass is 9.72. The Morgan fingerprint density at radius 3 is 2.50 bits per heavy atom. The van der Waals surface area contributed by atoms with Gasteiger partial charge in [0.2, 0.25) is 0 Å². The SMILES string of the molecule is CC1C=CC2(CCCCC2)C1=O. The van der Waals surface area contributed by atoms with Crippen LogP contribution in [0.5, 0.6) is 0 Å². The van der Waals surface area contributed by atoms with Crippen molar-refractivity contribution in [2.24, 2.45) is 11.3 Å².